The van der Waals surface area contributed by atoms with E-state index in [-0.39, 0.29) is 52.5 Å². The van der Waals surface area contributed by atoms with E-state index < -0.39 is 220 Å². The van der Waals surface area contributed by atoms with Crippen molar-refractivity contribution in [3.63, 3.8) is 0 Å². The van der Waals surface area contributed by atoms with E-state index in [1.807, 2.05) is 0 Å². The monoisotopic (exact) mass is 1830 g/mol. The van der Waals surface area contributed by atoms with E-state index in [9.17, 15) is 137 Å². The number of halogens is 29. The molecule has 9 nitrogen and oxygen atoms in total. The predicted molar refractivity (Wildman–Crippen MR) is 405 cm³/mol. The predicted octanol–water partition coefficient (Wildman–Crippen LogP) is 25.1. The van der Waals surface area contributed by atoms with Crippen LogP contribution in [0.3, 0.4) is 0 Å². The number of benzene rings is 9. The molecule has 9 aromatic carbocycles. The Bertz CT molecular complexity index is 5730. The van der Waals surface area contributed by atoms with E-state index in [1.165, 1.54) is 60.7 Å². The summed E-state index contributed by atoms with van der Waals surface area (Å²) in [5.41, 5.74) is -20.7. The lowest BCUT2D eigenvalue weighted by Gasteiger charge is -2.36. The van der Waals surface area contributed by atoms with E-state index in [1.54, 1.807) is 43.3 Å². The standard InChI is InChI=1S/2C30H20F10N2O.C29H19ClF8N2O/c2*1-27(33,34)23-8-7-18(11-24(23)32)26(43)42-28(16-17-5-3-2-4-6-17,25-15-19(9-10-41-25)29(35,36)37)20-12-21(30(38,39)40)14-22(31)13-20;1-16-2-4-17(5-3-16)14-27(25-9-7-21(30)15-39-25,19-11-20(28(33,34)35)13-22(31)12-19)40-26(41)18-6-8-24(32)23(10-18)29(36,37)38/h2*2-15H,16H2,1H3,(H,42,43);2-13,15H,14H2,1H3,(H,40,41)/t;;27-/m..0/s1. The molecule has 12 aromatic rings. The topological polar surface area (TPSA) is 126 Å². The molecule has 38 heteroatoms. The third kappa shape index (κ3) is 23.5. The van der Waals surface area contributed by atoms with Gasteiger partial charge >= 0.3 is 37.1 Å². The first kappa shape index (κ1) is 96.4. The SMILES string of the molecule is CC(F)(F)c1ccc(C(=O)NC(Cc2ccccc2)(c2cc(F)cc(C(F)(F)F)c2)c2cc(C(F)(F)F)ccn2)cc1F.CC(F)(F)c1ccc(C(=O)NC(Cc2ccccc2)(c2cc(F)cc(C(F)(F)F)c2)c2cc(C(F)(F)F)ccn2)cc1F.Cc1ccc(C[C@](NC(=O)c2ccc(F)c(C(F)(F)F)c2)(c2cc(F)cc(C(F)(F)F)c2)c2ccc(Cl)cn2)cc1. The number of hydrogen-bond acceptors (Lipinski definition) is 6. The normalized spacial score (nSPS) is 13.7. The number of amides is 3. The first-order chi connectivity index (χ1) is 58.9. The van der Waals surface area contributed by atoms with Gasteiger partial charge in [0.2, 0.25) is 0 Å². The number of aryl methyl sites for hydroxylation is 1. The molecule has 666 valence electrons. The molecule has 0 aliphatic rings. The molecular formula is C89H59ClF28N6O3. The molecule has 3 amide bonds. The van der Waals surface area contributed by atoms with Gasteiger partial charge in [-0.1, -0.05) is 102 Å². The number of carbonyl (C=O) groups excluding carboxylic acids is 3. The van der Waals surface area contributed by atoms with E-state index in [4.69, 9.17) is 11.6 Å². The molecule has 12 rings (SSSR count). The highest BCUT2D eigenvalue weighted by molar-refractivity contribution is 6.30. The van der Waals surface area contributed by atoms with Gasteiger partial charge in [-0.25, -0.2) is 43.9 Å². The highest BCUT2D eigenvalue weighted by Gasteiger charge is 2.48. The zero-order chi connectivity index (χ0) is 93.8. The Morgan fingerprint density at radius 1 is 0.299 bits per heavy atom. The van der Waals surface area contributed by atoms with Crippen LogP contribution < -0.4 is 16.0 Å². The highest BCUT2D eigenvalue weighted by atomic mass is 35.5. The van der Waals surface area contributed by atoms with Crippen molar-refractivity contribution in [2.24, 2.45) is 0 Å². The molecular weight excluding hydrogens is 1770 g/mol. The van der Waals surface area contributed by atoms with Crippen molar-refractivity contribution < 1.29 is 137 Å². The van der Waals surface area contributed by atoms with Crippen LogP contribution in [0.1, 0.15) is 145 Å². The van der Waals surface area contributed by atoms with Crippen molar-refractivity contribution in [2.45, 2.75) is 106 Å². The molecule has 2 unspecified atom stereocenters. The lowest BCUT2D eigenvalue weighted by molar-refractivity contribution is -0.140. The molecule has 0 radical (unpaired) electrons. The fourth-order valence-corrected chi connectivity index (χ4v) is 13.5. The van der Waals surface area contributed by atoms with E-state index in [0.29, 0.717) is 117 Å². The van der Waals surface area contributed by atoms with Crippen molar-refractivity contribution in [1.82, 2.24) is 30.9 Å². The zero-order valence-corrected chi connectivity index (χ0v) is 65.6. The third-order valence-electron chi connectivity index (χ3n) is 19.5. The maximum atomic E-state index is 14.7. The Labute approximate surface area is 706 Å². The van der Waals surface area contributed by atoms with E-state index in [2.05, 4.69) is 30.9 Å². The number of rotatable bonds is 20. The van der Waals surface area contributed by atoms with Gasteiger partial charge in [0.1, 0.15) is 51.5 Å². The van der Waals surface area contributed by atoms with Gasteiger partial charge in [-0.3, -0.25) is 29.3 Å². The maximum Gasteiger partial charge on any atom is 0.419 e. The van der Waals surface area contributed by atoms with Crippen LogP contribution >= 0.6 is 11.6 Å². The van der Waals surface area contributed by atoms with Gasteiger partial charge in [0.05, 0.1) is 66.6 Å². The minimum Gasteiger partial charge on any atom is -0.337 e. The van der Waals surface area contributed by atoms with Crippen LogP contribution in [0.2, 0.25) is 5.02 Å². The molecule has 0 saturated heterocycles. The van der Waals surface area contributed by atoms with Gasteiger partial charge in [0.25, 0.3) is 29.6 Å². The highest BCUT2D eigenvalue weighted by Crippen LogP contribution is 2.46. The van der Waals surface area contributed by atoms with Crippen LogP contribution in [0.25, 0.3) is 0 Å². The second-order valence-electron chi connectivity index (χ2n) is 28.8. The van der Waals surface area contributed by atoms with Gasteiger partial charge in [0.15, 0.2) is 0 Å². The molecule has 0 aliphatic heterocycles. The molecule has 3 aromatic heterocycles. The number of nitrogens with one attached hydrogen (secondary N) is 3. The van der Waals surface area contributed by atoms with Crippen molar-refractivity contribution in [1.29, 1.82) is 0 Å². The molecule has 0 spiro atoms. The molecule has 0 aliphatic carbocycles. The van der Waals surface area contributed by atoms with Crippen molar-refractivity contribution in [3.8, 4) is 0 Å². The molecule has 0 fully saturated rings. The van der Waals surface area contributed by atoms with Gasteiger partial charge in [-0.15, -0.1) is 0 Å². The number of nitrogens with zero attached hydrogens (tertiary/aromatic N) is 3. The average molecular weight is 1830 g/mol. The van der Waals surface area contributed by atoms with E-state index in [0.717, 1.165) is 36.0 Å². The third-order valence-corrected chi connectivity index (χ3v) is 19.7. The van der Waals surface area contributed by atoms with Gasteiger partial charge < -0.3 is 16.0 Å². The van der Waals surface area contributed by atoms with E-state index >= 15 is 0 Å². The van der Waals surface area contributed by atoms with Crippen LogP contribution in [0, 0.1) is 41.8 Å². The second-order valence-corrected chi connectivity index (χ2v) is 29.3. The fraction of sp³-hybridized carbons (Fsp3) is 0.191. The smallest absolute Gasteiger partial charge is 0.337 e. The Hall–Kier alpha value is -12.8. The summed E-state index contributed by atoms with van der Waals surface area (Å²) in [6.07, 6.45) is -29.1. The quantitative estimate of drug-likeness (QED) is 0.0653. The van der Waals surface area contributed by atoms with Crippen LogP contribution in [-0.4, -0.2) is 32.7 Å². The average Bonchev–Trinajstić information content (AvgIpc) is 0.758. The largest absolute Gasteiger partial charge is 0.419 e. The van der Waals surface area contributed by atoms with Crippen molar-refractivity contribution >= 4 is 29.3 Å². The van der Waals surface area contributed by atoms with Crippen LogP contribution in [0.15, 0.2) is 249 Å². The lowest BCUT2D eigenvalue weighted by Crippen LogP contribution is -2.49. The number of hydrogen-bond donors (Lipinski definition) is 3. The summed E-state index contributed by atoms with van der Waals surface area (Å²) in [6, 6.07) is 35.8. The summed E-state index contributed by atoms with van der Waals surface area (Å²) in [4.78, 5) is 52.6. The number of alkyl halides is 22. The van der Waals surface area contributed by atoms with Gasteiger partial charge in [0, 0.05) is 68.4 Å². The molecule has 3 N–H and O–H groups in total. The summed E-state index contributed by atoms with van der Waals surface area (Å²) >= 11 is 5.97. The van der Waals surface area contributed by atoms with Gasteiger partial charge in [-0.05, 0) is 186 Å². The first-order valence-electron chi connectivity index (χ1n) is 36.6. The molecule has 0 saturated carbocycles. The first-order valence-corrected chi connectivity index (χ1v) is 36.9. The fourth-order valence-electron chi connectivity index (χ4n) is 13.4. The van der Waals surface area contributed by atoms with Crippen molar-refractivity contribution in [3.05, 3.63) is 406 Å². The summed E-state index contributed by atoms with van der Waals surface area (Å²) in [5, 5.41) is 7.31. The summed E-state index contributed by atoms with van der Waals surface area (Å²) in [7, 11) is 0. The molecule has 127 heavy (non-hydrogen) atoms. The maximum absolute atomic E-state index is 14.7. The summed E-state index contributed by atoms with van der Waals surface area (Å²) in [5.74, 6) is -19.8. The second kappa shape index (κ2) is 37.0. The van der Waals surface area contributed by atoms with Gasteiger partial charge in [-0.2, -0.15) is 79.0 Å². The van der Waals surface area contributed by atoms with Crippen LogP contribution in [0.4, 0.5) is 123 Å². The molecule has 0 bridgehead atoms. The zero-order valence-electron chi connectivity index (χ0n) is 64.8. The molecule has 3 heterocycles. The van der Waals surface area contributed by atoms with Crippen LogP contribution in [-0.2, 0) is 84.8 Å². The Morgan fingerprint density at radius 3 is 0.937 bits per heavy atom. The minimum absolute atomic E-state index is 0.0901. The summed E-state index contributed by atoms with van der Waals surface area (Å²) < 4.78 is 389. The lowest BCUT2D eigenvalue weighted by atomic mass is 9.79. The van der Waals surface area contributed by atoms with Crippen LogP contribution in [0.5, 0.6) is 0 Å². The number of carbonyl (C=O) groups is 3. The Kier molecular flexibility index (Phi) is 28.1. The Morgan fingerprint density at radius 2 is 0.622 bits per heavy atom. The summed E-state index contributed by atoms with van der Waals surface area (Å²) in [6.45, 7) is 2.61. The van der Waals surface area contributed by atoms with Crippen molar-refractivity contribution in [2.75, 3.05) is 0 Å². The number of aromatic nitrogens is 3. The minimum atomic E-state index is -5.14. The number of pyridine rings is 3. The Balaban J connectivity index is 0.000000199. The molecule has 3 atom stereocenters.